The first kappa shape index (κ1) is 37.2. The molecule has 50 heavy (non-hydrogen) atoms. The molecule has 1 fully saturated rings. The van der Waals surface area contributed by atoms with Crippen molar-refractivity contribution in [2.75, 3.05) is 18.0 Å². The Kier molecular flexibility index (Phi) is 12.5. The number of amides is 2. The van der Waals surface area contributed by atoms with Crippen molar-refractivity contribution in [3.8, 4) is 5.75 Å². The van der Waals surface area contributed by atoms with E-state index in [-0.39, 0.29) is 41.2 Å². The van der Waals surface area contributed by atoms with Crippen LogP contribution in [0.15, 0.2) is 95.9 Å². The number of hydrogen-bond acceptors (Lipinski definition) is 5. The second-order valence-corrected chi connectivity index (χ2v) is 15.5. The average Bonchev–Trinajstić information content (AvgIpc) is 3.11. The Bertz CT molecular complexity index is 1900. The highest BCUT2D eigenvalue weighted by molar-refractivity contribution is 7.92. The Hall–Kier alpha value is -4.05. The summed E-state index contributed by atoms with van der Waals surface area (Å²) in [4.78, 5) is 30.7. The molecule has 0 heterocycles. The van der Waals surface area contributed by atoms with Crippen molar-refractivity contribution in [1.82, 2.24) is 10.2 Å². The van der Waals surface area contributed by atoms with Crippen molar-refractivity contribution in [2.45, 2.75) is 75.9 Å². The molecule has 1 unspecified atom stereocenters. The van der Waals surface area contributed by atoms with Gasteiger partial charge >= 0.3 is 0 Å². The largest absolute Gasteiger partial charge is 0.495 e. The van der Waals surface area contributed by atoms with Crippen molar-refractivity contribution in [2.24, 2.45) is 0 Å². The van der Waals surface area contributed by atoms with E-state index in [2.05, 4.69) is 5.32 Å². The number of methoxy groups -OCH3 is 1. The van der Waals surface area contributed by atoms with Crippen LogP contribution >= 0.6 is 23.2 Å². The van der Waals surface area contributed by atoms with E-state index in [9.17, 15) is 18.0 Å². The van der Waals surface area contributed by atoms with E-state index in [1.54, 1.807) is 42.5 Å². The minimum atomic E-state index is -4.29. The molecule has 1 aliphatic rings. The van der Waals surface area contributed by atoms with Gasteiger partial charge in [0, 0.05) is 19.0 Å². The van der Waals surface area contributed by atoms with E-state index < -0.39 is 28.5 Å². The highest BCUT2D eigenvalue weighted by Gasteiger charge is 2.36. The molecule has 1 N–H and O–H groups in total. The number of nitrogens with zero attached hydrogens (tertiary/aromatic N) is 2. The quantitative estimate of drug-likeness (QED) is 0.151. The van der Waals surface area contributed by atoms with Crippen LogP contribution in [0.5, 0.6) is 5.75 Å². The number of ether oxygens (including phenoxy) is 1. The van der Waals surface area contributed by atoms with Crippen LogP contribution in [-0.4, -0.2) is 50.9 Å². The third kappa shape index (κ3) is 9.19. The lowest BCUT2D eigenvalue weighted by Crippen LogP contribution is -2.55. The van der Waals surface area contributed by atoms with E-state index in [1.165, 1.54) is 24.1 Å². The first-order valence-corrected chi connectivity index (χ1v) is 19.0. The van der Waals surface area contributed by atoms with Gasteiger partial charge in [0.15, 0.2) is 0 Å². The summed E-state index contributed by atoms with van der Waals surface area (Å²) in [7, 11) is -2.84. The van der Waals surface area contributed by atoms with Gasteiger partial charge in [0.2, 0.25) is 11.8 Å². The summed E-state index contributed by atoms with van der Waals surface area (Å²) < 4.78 is 35.6. The lowest BCUT2D eigenvalue weighted by Gasteiger charge is -2.35. The minimum absolute atomic E-state index is 0.00794. The van der Waals surface area contributed by atoms with Gasteiger partial charge in [-0.1, -0.05) is 103 Å². The lowest BCUT2D eigenvalue weighted by atomic mass is 9.94. The number of anilines is 1. The Morgan fingerprint density at radius 2 is 1.52 bits per heavy atom. The first-order valence-electron chi connectivity index (χ1n) is 16.8. The van der Waals surface area contributed by atoms with Crippen molar-refractivity contribution < 1.29 is 22.7 Å². The third-order valence-corrected chi connectivity index (χ3v) is 11.6. The van der Waals surface area contributed by atoms with E-state index in [0.29, 0.717) is 15.6 Å². The number of aryl methyl sites for hydroxylation is 2. The zero-order valence-corrected chi connectivity index (χ0v) is 30.9. The molecule has 4 aromatic rings. The highest BCUT2D eigenvalue weighted by atomic mass is 35.5. The predicted molar refractivity (Wildman–Crippen MR) is 199 cm³/mol. The molecule has 1 atom stereocenters. The molecular formula is C39H43Cl2N3O5S. The molecule has 0 radical (unpaired) electrons. The average molecular weight is 737 g/mol. The van der Waals surface area contributed by atoms with Crippen LogP contribution in [-0.2, 0) is 32.6 Å². The zero-order chi connectivity index (χ0) is 35.8. The Morgan fingerprint density at radius 1 is 0.840 bits per heavy atom. The van der Waals surface area contributed by atoms with Crippen LogP contribution in [0.4, 0.5) is 5.69 Å². The van der Waals surface area contributed by atoms with Crippen LogP contribution < -0.4 is 14.4 Å². The van der Waals surface area contributed by atoms with E-state index >= 15 is 0 Å². The maximum atomic E-state index is 14.9. The molecule has 1 saturated carbocycles. The van der Waals surface area contributed by atoms with Gasteiger partial charge in [-0.15, -0.1) is 0 Å². The molecule has 0 saturated heterocycles. The summed E-state index contributed by atoms with van der Waals surface area (Å²) in [6.07, 6.45) is 5.09. The van der Waals surface area contributed by atoms with E-state index in [4.69, 9.17) is 27.9 Å². The second-order valence-electron chi connectivity index (χ2n) is 12.8. The summed E-state index contributed by atoms with van der Waals surface area (Å²) in [5.74, 6) is -0.587. The Balaban J connectivity index is 1.61. The topological polar surface area (TPSA) is 96.0 Å². The maximum absolute atomic E-state index is 14.9. The molecule has 0 bridgehead atoms. The number of sulfonamides is 1. The first-order chi connectivity index (χ1) is 24.0. The molecule has 0 aromatic heterocycles. The van der Waals surface area contributed by atoms with Crippen molar-refractivity contribution >= 4 is 50.7 Å². The minimum Gasteiger partial charge on any atom is -0.495 e. The molecule has 4 aromatic carbocycles. The normalized spacial score (nSPS) is 14.1. The number of halogens is 2. The SMILES string of the molecule is COc1ccc(C)cc1N(CC(=O)N(Cc1ccc(Cl)c(Cl)c1)C(Cc1ccccc1)C(=O)NC1CCCCC1)S(=O)(=O)c1ccc(C)cc1. The van der Waals surface area contributed by atoms with Gasteiger partial charge in [0.1, 0.15) is 18.3 Å². The van der Waals surface area contributed by atoms with Crippen LogP contribution in [0.3, 0.4) is 0 Å². The summed E-state index contributed by atoms with van der Waals surface area (Å²) >= 11 is 12.7. The van der Waals surface area contributed by atoms with Crippen molar-refractivity contribution in [3.05, 3.63) is 123 Å². The van der Waals surface area contributed by atoms with Gasteiger partial charge in [-0.2, -0.15) is 0 Å². The van der Waals surface area contributed by atoms with E-state index in [0.717, 1.165) is 53.1 Å². The Labute approximate surface area is 305 Å². The van der Waals surface area contributed by atoms with Gasteiger partial charge in [-0.05, 0) is 79.8 Å². The fraction of sp³-hybridized carbons (Fsp3) is 0.333. The molecule has 5 rings (SSSR count). The summed E-state index contributed by atoms with van der Waals surface area (Å²) in [6.45, 7) is 3.09. The number of benzene rings is 4. The number of hydrogen-bond donors (Lipinski definition) is 1. The van der Waals surface area contributed by atoms with Gasteiger partial charge in [-0.25, -0.2) is 8.42 Å². The van der Waals surface area contributed by atoms with Gasteiger partial charge in [-0.3, -0.25) is 13.9 Å². The highest BCUT2D eigenvalue weighted by Crippen LogP contribution is 2.34. The fourth-order valence-corrected chi connectivity index (χ4v) is 8.02. The molecule has 0 aliphatic heterocycles. The molecular weight excluding hydrogens is 693 g/mol. The molecule has 264 valence electrons. The van der Waals surface area contributed by atoms with Gasteiger partial charge in [0.05, 0.1) is 27.7 Å². The van der Waals surface area contributed by atoms with Crippen LogP contribution in [0.1, 0.15) is 54.4 Å². The number of nitrogens with one attached hydrogen (secondary N) is 1. The molecule has 0 spiro atoms. The number of carbonyl (C=O) groups excluding carboxylic acids is 2. The van der Waals surface area contributed by atoms with Crippen LogP contribution in [0.25, 0.3) is 0 Å². The molecule has 8 nitrogen and oxygen atoms in total. The lowest BCUT2D eigenvalue weighted by molar-refractivity contribution is -0.140. The van der Waals surface area contributed by atoms with E-state index in [1.807, 2.05) is 50.2 Å². The summed E-state index contributed by atoms with van der Waals surface area (Å²) in [5, 5.41) is 3.88. The van der Waals surface area contributed by atoms with Crippen molar-refractivity contribution in [1.29, 1.82) is 0 Å². The van der Waals surface area contributed by atoms with Crippen molar-refractivity contribution in [3.63, 3.8) is 0 Å². The van der Waals surface area contributed by atoms with Crippen LogP contribution in [0, 0.1) is 13.8 Å². The summed E-state index contributed by atoms with van der Waals surface area (Å²) in [5.41, 5.74) is 3.37. The molecule has 11 heteroatoms. The van der Waals surface area contributed by atoms with Gasteiger partial charge < -0.3 is 15.0 Å². The second kappa shape index (κ2) is 16.8. The smallest absolute Gasteiger partial charge is 0.264 e. The number of rotatable bonds is 13. The standard InChI is InChI=1S/C39H43Cl2N3O5S/c1-27-14-18-32(19-15-27)50(47,48)44(35-22-28(2)16-21-37(35)49-3)26-38(45)43(25-30-17-20-33(40)34(41)23-30)36(24-29-10-6-4-7-11-29)39(46)42-31-12-8-5-9-13-31/h4,6-7,10-11,14-23,31,36H,5,8-9,12-13,24-26H2,1-3H3,(H,42,46). The molecule has 2 amide bonds. The zero-order valence-electron chi connectivity index (χ0n) is 28.6. The Morgan fingerprint density at radius 3 is 2.18 bits per heavy atom. The summed E-state index contributed by atoms with van der Waals surface area (Å²) in [6, 6.07) is 25.2. The fourth-order valence-electron chi connectivity index (χ4n) is 6.28. The predicted octanol–water partition coefficient (Wildman–Crippen LogP) is 7.90. The third-order valence-electron chi connectivity index (χ3n) is 9.05. The number of carbonyl (C=O) groups is 2. The van der Waals surface area contributed by atoms with Crippen LogP contribution in [0.2, 0.25) is 10.0 Å². The maximum Gasteiger partial charge on any atom is 0.264 e. The monoisotopic (exact) mass is 735 g/mol. The molecule has 1 aliphatic carbocycles. The van der Waals surface area contributed by atoms with Gasteiger partial charge in [0.25, 0.3) is 10.0 Å².